The monoisotopic (exact) mass is 214 g/mol. The Balaban J connectivity index is 2.49. The average Bonchev–Trinajstić information content (AvgIpc) is 2.62. The van der Waals surface area contributed by atoms with Crippen LogP contribution in [0.4, 0.5) is 0 Å². The lowest BCUT2D eigenvalue weighted by Gasteiger charge is -2.03. The molecule has 0 saturated heterocycles. The first-order chi connectivity index (χ1) is 6.77. The van der Waals surface area contributed by atoms with Gasteiger partial charge in [-0.25, -0.2) is 0 Å². The van der Waals surface area contributed by atoms with Crippen molar-refractivity contribution in [3.05, 3.63) is 16.3 Å². The zero-order valence-electron chi connectivity index (χ0n) is 8.41. The van der Waals surface area contributed by atoms with E-state index in [1.165, 1.54) is 7.11 Å². The van der Waals surface area contributed by atoms with Crippen molar-refractivity contribution >= 4 is 17.3 Å². The third-order valence-corrected chi connectivity index (χ3v) is 2.75. The lowest BCUT2D eigenvalue weighted by Crippen LogP contribution is -2.02. The number of carbonyl (C=O) groups is 1. The molecule has 3 nitrogen and oxygen atoms in total. The lowest BCUT2D eigenvalue weighted by atomic mass is 10.2. The van der Waals surface area contributed by atoms with Crippen LogP contribution in [0.5, 0.6) is 5.75 Å². The number of hydrogen-bond acceptors (Lipinski definition) is 4. The van der Waals surface area contributed by atoms with Gasteiger partial charge in [-0.1, -0.05) is 0 Å². The summed E-state index contributed by atoms with van der Waals surface area (Å²) < 4.78 is 9.97. The molecule has 1 aromatic heterocycles. The molecule has 1 aromatic rings. The van der Waals surface area contributed by atoms with Crippen molar-refractivity contribution in [2.75, 3.05) is 13.7 Å². The average molecular weight is 214 g/mol. The second kappa shape index (κ2) is 5.65. The van der Waals surface area contributed by atoms with Gasteiger partial charge in [-0.15, -0.1) is 11.3 Å². The van der Waals surface area contributed by atoms with Crippen LogP contribution in [0.25, 0.3) is 0 Å². The molecular formula is C10H14O3S. The van der Waals surface area contributed by atoms with Crippen molar-refractivity contribution < 1.29 is 14.3 Å². The standard InChI is InChI=1S/C10H14O3S/c1-3-13-8-6-7-14-9(8)4-5-10(11)12-2/h6-7H,3-5H2,1-2H3. The van der Waals surface area contributed by atoms with E-state index < -0.39 is 0 Å². The van der Waals surface area contributed by atoms with E-state index in [1.54, 1.807) is 11.3 Å². The molecule has 14 heavy (non-hydrogen) atoms. The van der Waals surface area contributed by atoms with E-state index in [-0.39, 0.29) is 5.97 Å². The molecule has 0 atom stereocenters. The van der Waals surface area contributed by atoms with Gasteiger partial charge in [-0.05, 0) is 24.8 Å². The van der Waals surface area contributed by atoms with E-state index in [9.17, 15) is 4.79 Å². The minimum Gasteiger partial charge on any atom is -0.493 e. The van der Waals surface area contributed by atoms with E-state index in [1.807, 2.05) is 18.4 Å². The zero-order valence-corrected chi connectivity index (χ0v) is 9.23. The molecule has 1 rings (SSSR count). The number of esters is 1. The third kappa shape index (κ3) is 3.03. The Morgan fingerprint density at radius 3 is 3.00 bits per heavy atom. The van der Waals surface area contributed by atoms with Gasteiger partial charge in [0.2, 0.25) is 0 Å². The lowest BCUT2D eigenvalue weighted by molar-refractivity contribution is -0.140. The molecule has 0 aliphatic rings. The molecule has 0 unspecified atom stereocenters. The van der Waals surface area contributed by atoms with Crippen LogP contribution < -0.4 is 4.74 Å². The van der Waals surface area contributed by atoms with Crippen molar-refractivity contribution in [1.29, 1.82) is 0 Å². The molecule has 0 aliphatic heterocycles. The van der Waals surface area contributed by atoms with Gasteiger partial charge >= 0.3 is 5.97 Å². The summed E-state index contributed by atoms with van der Waals surface area (Å²) in [5.74, 6) is 0.710. The second-order valence-corrected chi connectivity index (χ2v) is 3.72. The van der Waals surface area contributed by atoms with E-state index in [0.717, 1.165) is 10.6 Å². The van der Waals surface area contributed by atoms with Crippen molar-refractivity contribution in [1.82, 2.24) is 0 Å². The molecule has 0 aliphatic carbocycles. The Morgan fingerprint density at radius 1 is 1.57 bits per heavy atom. The van der Waals surface area contributed by atoms with Crippen molar-refractivity contribution in [2.45, 2.75) is 19.8 Å². The van der Waals surface area contributed by atoms with Gasteiger partial charge in [0.1, 0.15) is 5.75 Å². The summed E-state index contributed by atoms with van der Waals surface area (Å²) in [5, 5.41) is 1.97. The van der Waals surface area contributed by atoms with Crippen LogP contribution in [0.15, 0.2) is 11.4 Å². The highest BCUT2D eigenvalue weighted by molar-refractivity contribution is 7.10. The SMILES string of the molecule is CCOc1ccsc1CCC(=O)OC. The number of thiophene rings is 1. The Hall–Kier alpha value is -1.03. The molecule has 4 heteroatoms. The number of methoxy groups -OCH3 is 1. The minimum absolute atomic E-state index is 0.180. The highest BCUT2D eigenvalue weighted by Gasteiger charge is 2.07. The topological polar surface area (TPSA) is 35.5 Å². The zero-order chi connectivity index (χ0) is 10.4. The fourth-order valence-corrected chi connectivity index (χ4v) is 1.93. The molecule has 0 fully saturated rings. The molecule has 0 saturated carbocycles. The summed E-state index contributed by atoms with van der Waals surface area (Å²) in [6, 6.07) is 1.93. The molecule has 0 amide bonds. The first-order valence-corrected chi connectivity index (χ1v) is 5.41. The number of aryl methyl sites for hydroxylation is 1. The molecule has 0 bridgehead atoms. The number of ether oxygens (including phenoxy) is 2. The number of rotatable bonds is 5. The molecule has 78 valence electrons. The molecule has 0 spiro atoms. The van der Waals surface area contributed by atoms with E-state index in [0.29, 0.717) is 19.4 Å². The minimum atomic E-state index is -0.180. The van der Waals surface area contributed by atoms with E-state index in [4.69, 9.17) is 4.74 Å². The van der Waals surface area contributed by atoms with Gasteiger partial charge in [0.05, 0.1) is 20.1 Å². The molecule has 0 N–H and O–H groups in total. The van der Waals surface area contributed by atoms with Crippen LogP contribution in [0.2, 0.25) is 0 Å². The Labute approximate surface area is 87.7 Å². The van der Waals surface area contributed by atoms with E-state index >= 15 is 0 Å². The fourth-order valence-electron chi connectivity index (χ4n) is 1.11. The van der Waals surface area contributed by atoms with Crippen molar-refractivity contribution in [3.63, 3.8) is 0 Å². The fraction of sp³-hybridized carbons (Fsp3) is 0.500. The van der Waals surface area contributed by atoms with Crippen LogP contribution in [-0.2, 0) is 16.0 Å². The maximum Gasteiger partial charge on any atom is 0.305 e. The van der Waals surface area contributed by atoms with Gasteiger partial charge in [0.25, 0.3) is 0 Å². The molecule has 0 aromatic carbocycles. The van der Waals surface area contributed by atoms with Crippen LogP contribution in [0.1, 0.15) is 18.2 Å². The number of hydrogen-bond donors (Lipinski definition) is 0. The van der Waals surface area contributed by atoms with Crippen molar-refractivity contribution in [3.8, 4) is 5.75 Å². The molecule has 0 radical (unpaired) electrons. The Morgan fingerprint density at radius 2 is 2.36 bits per heavy atom. The summed E-state index contributed by atoms with van der Waals surface area (Å²) in [6.45, 7) is 2.60. The maximum atomic E-state index is 10.9. The predicted octanol–water partition coefficient (Wildman–Crippen LogP) is 2.25. The summed E-state index contributed by atoms with van der Waals surface area (Å²) in [6.07, 6.45) is 1.11. The second-order valence-electron chi connectivity index (χ2n) is 2.72. The van der Waals surface area contributed by atoms with E-state index in [2.05, 4.69) is 4.74 Å². The smallest absolute Gasteiger partial charge is 0.305 e. The normalized spacial score (nSPS) is 9.86. The maximum absolute atomic E-state index is 10.9. The highest BCUT2D eigenvalue weighted by Crippen LogP contribution is 2.26. The summed E-state index contributed by atoms with van der Waals surface area (Å²) >= 11 is 1.61. The number of carbonyl (C=O) groups excluding carboxylic acids is 1. The van der Waals surface area contributed by atoms with Gasteiger partial charge in [-0.3, -0.25) is 4.79 Å². The Bertz CT molecular complexity index is 293. The quantitative estimate of drug-likeness (QED) is 0.705. The van der Waals surface area contributed by atoms with Gasteiger partial charge < -0.3 is 9.47 Å². The van der Waals surface area contributed by atoms with Crippen molar-refractivity contribution in [2.24, 2.45) is 0 Å². The van der Waals surface area contributed by atoms with Crippen LogP contribution in [-0.4, -0.2) is 19.7 Å². The van der Waals surface area contributed by atoms with Gasteiger partial charge in [0, 0.05) is 4.88 Å². The van der Waals surface area contributed by atoms with Crippen LogP contribution in [0, 0.1) is 0 Å². The largest absolute Gasteiger partial charge is 0.493 e. The summed E-state index contributed by atoms with van der Waals surface area (Å²) in [7, 11) is 1.40. The molecule has 1 heterocycles. The summed E-state index contributed by atoms with van der Waals surface area (Å²) in [5.41, 5.74) is 0. The van der Waals surface area contributed by atoms with Crippen LogP contribution >= 0.6 is 11.3 Å². The predicted molar refractivity (Wildman–Crippen MR) is 55.8 cm³/mol. The highest BCUT2D eigenvalue weighted by atomic mass is 32.1. The summed E-state index contributed by atoms with van der Waals surface area (Å²) in [4.78, 5) is 12.0. The molecular weight excluding hydrogens is 200 g/mol. The first-order valence-electron chi connectivity index (χ1n) is 4.54. The van der Waals surface area contributed by atoms with Crippen LogP contribution in [0.3, 0.4) is 0 Å². The first kappa shape index (κ1) is 11.0. The van der Waals surface area contributed by atoms with Gasteiger partial charge in [0.15, 0.2) is 0 Å². The third-order valence-electron chi connectivity index (χ3n) is 1.79. The Kier molecular flexibility index (Phi) is 4.46. The van der Waals surface area contributed by atoms with Gasteiger partial charge in [-0.2, -0.15) is 0 Å².